The molecule has 1 amide bonds. The molecule has 6 nitrogen and oxygen atoms in total. The minimum absolute atomic E-state index is 0.0406. The number of nitrogens with one attached hydrogen (secondary N) is 1. The molecule has 6 heteroatoms. The minimum atomic E-state index is -0.103. The van der Waals surface area contributed by atoms with E-state index in [1.165, 1.54) is 4.68 Å². The third-order valence-corrected chi connectivity index (χ3v) is 3.13. The van der Waals surface area contributed by atoms with E-state index in [0.717, 1.165) is 11.1 Å². The number of nitrogens with two attached hydrogens (primary N) is 1. The Labute approximate surface area is 118 Å². The predicted octanol–water partition coefficient (Wildman–Crippen LogP) is 0.923. The van der Waals surface area contributed by atoms with Crippen molar-refractivity contribution in [2.75, 3.05) is 0 Å². The first kappa shape index (κ1) is 14.2. The van der Waals surface area contributed by atoms with Gasteiger partial charge in [0.15, 0.2) is 0 Å². The van der Waals surface area contributed by atoms with Gasteiger partial charge in [-0.2, -0.15) is 0 Å². The van der Waals surface area contributed by atoms with E-state index in [9.17, 15) is 4.79 Å². The number of amides is 1. The van der Waals surface area contributed by atoms with E-state index in [1.807, 2.05) is 38.1 Å². The Morgan fingerprint density at radius 2 is 2.20 bits per heavy atom. The number of nitrogens with zero attached hydrogens (tertiary/aromatic N) is 3. The van der Waals surface area contributed by atoms with Gasteiger partial charge in [-0.1, -0.05) is 29.5 Å². The number of hydrogen-bond acceptors (Lipinski definition) is 4. The normalized spacial score (nSPS) is 12.2. The van der Waals surface area contributed by atoms with E-state index in [1.54, 1.807) is 6.20 Å². The zero-order chi connectivity index (χ0) is 14.5. The summed E-state index contributed by atoms with van der Waals surface area (Å²) < 4.78 is 1.49. The van der Waals surface area contributed by atoms with Gasteiger partial charge in [0.2, 0.25) is 5.91 Å². The molecular formula is C14H19N5O. The van der Waals surface area contributed by atoms with Crippen molar-refractivity contribution in [1.82, 2.24) is 20.3 Å². The highest BCUT2D eigenvalue weighted by Gasteiger charge is 2.12. The quantitative estimate of drug-likeness (QED) is 0.848. The molecule has 3 N–H and O–H groups in total. The molecule has 106 valence electrons. The van der Waals surface area contributed by atoms with Crippen LogP contribution in [0.3, 0.4) is 0 Å². The Morgan fingerprint density at radius 3 is 2.85 bits per heavy atom. The van der Waals surface area contributed by atoms with Gasteiger partial charge in [0.05, 0.1) is 17.9 Å². The number of aromatic nitrogens is 3. The van der Waals surface area contributed by atoms with Crippen LogP contribution in [0.5, 0.6) is 0 Å². The summed E-state index contributed by atoms with van der Waals surface area (Å²) in [4.78, 5) is 12.0. The number of rotatable bonds is 5. The molecule has 0 fully saturated rings. The summed E-state index contributed by atoms with van der Waals surface area (Å²) in [5.41, 5.74) is 8.39. The minimum Gasteiger partial charge on any atom is -0.348 e. The van der Waals surface area contributed by atoms with Gasteiger partial charge >= 0.3 is 0 Å². The lowest BCUT2D eigenvalue weighted by Crippen LogP contribution is -2.30. The van der Waals surface area contributed by atoms with Crippen molar-refractivity contribution >= 4 is 5.91 Å². The van der Waals surface area contributed by atoms with Crippen LogP contribution < -0.4 is 11.1 Å². The van der Waals surface area contributed by atoms with Gasteiger partial charge in [0.25, 0.3) is 0 Å². The molecule has 1 aromatic carbocycles. The predicted molar refractivity (Wildman–Crippen MR) is 75.7 cm³/mol. The second kappa shape index (κ2) is 6.29. The zero-order valence-corrected chi connectivity index (χ0v) is 11.7. The molecule has 0 saturated heterocycles. The van der Waals surface area contributed by atoms with Crippen LogP contribution in [0.4, 0.5) is 0 Å². The molecule has 0 aliphatic carbocycles. The molecule has 1 heterocycles. The van der Waals surface area contributed by atoms with Crippen molar-refractivity contribution < 1.29 is 4.79 Å². The SMILES string of the molecule is Cc1ccccc1[C@@H](C)NC(=O)Cn1cc(CN)nn1. The van der Waals surface area contributed by atoms with Gasteiger partial charge in [0.1, 0.15) is 6.54 Å². The number of carbonyl (C=O) groups excluding carboxylic acids is 1. The first-order valence-electron chi connectivity index (χ1n) is 6.54. The first-order chi connectivity index (χ1) is 9.60. The number of hydrogen-bond donors (Lipinski definition) is 2. The molecule has 0 aliphatic heterocycles. The maximum absolute atomic E-state index is 12.0. The van der Waals surface area contributed by atoms with Crippen molar-refractivity contribution in [3.05, 3.63) is 47.3 Å². The van der Waals surface area contributed by atoms with Gasteiger partial charge in [-0.3, -0.25) is 4.79 Å². The number of aryl methyl sites for hydroxylation is 1. The van der Waals surface area contributed by atoms with Crippen LogP contribution in [0.25, 0.3) is 0 Å². The highest BCUT2D eigenvalue weighted by atomic mass is 16.2. The maximum atomic E-state index is 12.0. The summed E-state index contributed by atoms with van der Waals surface area (Å²) >= 11 is 0. The van der Waals surface area contributed by atoms with Gasteiger partial charge in [-0.15, -0.1) is 5.10 Å². The Morgan fingerprint density at radius 1 is 1.45 bits per heavy atom. The summed E-state index contributed by atoms with van der Waals surface area (Å²) in [6.07, 6.45) is 1.68. The monoisotopic (exact) mass is 273 g/mol. The summed E-state index contributed by atoms with van der Waals surface area (Å²) in [6.45, 7) is 4.46. The van der Waals surface area contributed by atoms with Gasteiger partial charge in [-0.05, 0) is 25.0 Å². The largest absolute Gasteiger partial charge is 0.348 e. The van der Waals surface area contributed by atoms with E-state index in [-0.39, 0.29) is 18.5 Å². The highest BCUT2D eigenvalue weighted by Crippen LogP contribution is 2.16. The summed E-state index contributed by atoms with van der Waals surface area (Å²) in [6, 6.07) is 7.96. The Bertz CT molecular complexity index is 593. The van der Waals surface area contributed by atoms with Crippen molar-refractivity contribution in [3.8, 4) is 0 Å². The molecule has 0 spiro atoms. The molecule has 0 saturated carbocycles. The maximum Gasteiger partial charge on any atom is 0.242 e. The molecule has 1 atom stereocenters. The Kier molecular flexibility index (Phi) is 4.47. The first-order valence-corrected chi connectivity index (χ1v) is 6.54. The molecular weight excluding hydrogens is 254 g/mol. The average Bonchev–Trinajstić information content (AvgIpc) is 2.86. The Hall–Kier alpha value is -2.21. The fourth-order valence-electron chi connectivity index (χ4n) is 2.09. The van der Waals surface area contributed by atoms with E-state index in [4.69, 9.17) is 5.73 Å². The summed E-state index contributed by atoms with van der Waals surface area (Å²) in [5, 5.41) is 10.7. The molecule has 0 unspecified atom stereocenters. The number of benzene rings is 1. The topological polar surface area (TPSA) is 85.8 Å². The summed E-state index contributed by atoms with van der Waals surface area (Å²) in [5.74, 6) is -0.103. The second-order valence-electron chi connectivity index (χ2n) is 4.76. The fraction of sp³-hybridized carbons (Fsp3) is 0.357. The molecule has 0 aliphatic rings. The standard InChI is InChI=1S/C14H19N5O/c1-10-5-3-4-6-13(10)11(2)16-14(20)9-19-8-12(7-15)17-18-19/h3-6,8,11H,7,9,15H2,1-2H3,(H,16,20)/t11-/m1/s1. The van der Waals surface area contributed by atoms with Crippen LogP contribution in [-0.4, -0.2) is 20.9 Å². The van der Waals surface area contributed by atoms with Crippen molar-refractivity contribution in [2.24, 2.45) is 5.73 Å². The van der Waals surface area contributed by atoms with Crippen LogP contribution in [0.1, 0.15) is 29.8 Å². The zero-order valence-electron chi connectivity index (χ0n) is 11.7. The van der Waals surface area contributed by atoms with Crippen LogP contribution in [0.2, 0.25) is 0 Å². The van der Waals surface area contributed by atoms with Crippen LogP contribution >= 0.6 is 0 Å². The third-order valence-electron chi connectivity index (χ3n) is 3.13. The molecule has 2 rings (SSSR count). The van der Waals surface area contributed by atoms with E-state index in [2.05, 4.69) is 15.6 Å². The third kappa shape index (κ3) is 3.42. The van der Waals surface area contributed by atoms with Crippen LogP contribution in [0, 0.1) is 6.92 Å². The fourth-order valence-corrected chi connectivity index (χ4v) is 2.09. The number of carbonyl (C=O) groups is 1. The molecule has 1 aromatic heterocycles. The van der Waals surface area contributed by atoms with Crippen molar-refractivity contribution in [3.63, 3.8) is 0 Å². The Balaban J connectivity index is 1.96. The lowest BCUT2D eigenvalue weighted by Gasteiger charge is -2.16. The highest BCUT2D eigenvalue weighted by molar-refractivity contribution is 5.76. The molecule has 20 heavy (non-hydrogen) atoms. The van der Waals surface area contributed by atoms with E-state index < -0.39 is 0 Å². The van der Waals surface area contributed by atoms with Crippen molar-refractivity contribution in [1.29, 1.82) is 0 Å². The molecule has 2 aromatic rings. The van der Waals surface area contributed by atoms with E-state index in [0.29, 0.717) is 12.2 Å². The van der Waals surface area contributed by atoms with Gasteiger partial charge in [0, 0.05) is 6.54 Å². The van der Waals surface area contributed by atoms with Crippen LogP contribution in [0.15, 0.2) is 30.5 Å². The van der Waals surface area contributed by atoms with E-state index >= 15 is 0 Å². The second-order valence-corrected chi connectivity index (χ2v) is 4.76. The lowest BCUT2D eigenvalue weighted by atomic mass is 10.0. The summed E-state index contributed by atoms with van der Waals surface area (Å²) in [7, 11) is 0. The van der Waals surface area contributed by atoms with Gasteiger partial charge < -0.3 is 11.1 Å². The molecule has 0 bridgehead atoms. The van der Waals surface area contributed by atoms with Crippen LogP contribution in [-0.2, 0) is 17.9 Å². The van der Waals surface area contributed by atoms with Crippen molar-refractivity contribution in [2.45, 2.75) is 33.0 Å². The average molecular weight is 273 g/mol. The van der Waals surface area contributed by atoms with Gasteiger partial charge in [-0.25, -0.2) is 4.68 Å². The lowest BCUT2D eigenvalue weighted by molar-refractivity contribution is -0.122. The smallest absolute Gasteiger partial charge is 0.242 e. The molecule has 0 radical (unpaired) electrons.